The molecule has 1 atom stereocenters. The third-order valence-electron chi connectivity index (χ3n) is 5.19. The number of ketones is 1. The molecule has 1 aliphatic heterocycles. The van der Waals surface area contributed by atoms with Crippen LogP contribution in [0.25, 0.3) is 0 Å². The fraction of sp³-hybridized carbons (Fsp3) is 0.435. The smallest absolute Gasteiger partial charge is 0.162 e. The molecule has 2 aromatic rings. The molecule has 0 amide bonds. The van der Waals surface area contributed by atoms with Crippen LogP contribution >= 0.6 is 11.6 Å². The largest absolute Gasteiger partial charge is 0.491 e. The number of rotatable bonds is 9. The van der Waals surface area contributed by atoms with Crippen molar-refractivity contribution in [1.29, 1.82) is 0 Å². The maximum absolute atomic E-state index is 11.7. The second-order valence-corrected chi connectivity index (χ2v) is 7.91. The topological polar surface area (TPSA) is 53.0 Å². The lowest BCUT2D eigenvalue weighted by molar-refractivity contribution is 0.0446. The molecular weight excluding hydrogens is 388 g/mol. The number of halogens is 1. The number of benzene rings is 2. The number of hydrogen-bond donors (Lipinski definition) is 1. The molecule has 29 heavy (non-hydrogen) atoms. The molecule has 0 bridgehead atoms. The van der Waals surface area contributed by atoms with Gasteiger partial charge in [0, 0.05) is 56.3 Å². The van der Waals surface area contributed by atoms with Gasteiger partial charge in [0.1, 0.15) is 18.5 Å². The van der Waals surface area contributed by atoms with Gasteiger partial charge in [-0.1, -0.05) is 30.7 Å². The van der Waals surface area contributed by atoms with Crippen molar-refractivity contribution >= 4 is 17.4 Å². The van der Waals surface area contributed by atoms with Crippen LogP contribution < -0.4 is 4.74 Å². The molecular formula is C23H29ClN2O3. The van der Waals surface area contributed by atoms with Gasteiger partial charge in [0.2, 0.25) is 0 Å². The summed E-state index contributed by atoms with van der Waals surface area (Å²) in [6.07, 6.45) is -0.0546. The van der Waals surface area contributed by atoms with Gasteiger partial charge >= 0.3 is 0 Å². The molecule has 1 fully saturated rings. The lowest BCUT2D eigenvalue weighted by atomic mass is 10.1. The van der Waals surface area contributed by atoms with Crippen molar-refractivity contribution < 1.29 is 14.6 Å². The normalized spacial score (nSPS) is 16.5. The zero-order valence-corrected chi connectivity index (χ0v) is 17.6. The standard InChI is InChI=1S/C23H29ClN2O3/c1-2-23(28)19-5-9-22(10-6-19)29-17-21(27)16-26-13-11-25(12-14-26)15-18-3-7-20(24)8-4-18/h3-10,21,27H,2,11-17H2,1H3/t21-/m1/s1. The van der Waals surface area contributed by atoms with E-state index < -0.39 is 6.10 Å². The van der Waals surface area contributed by atoms with Gasteiger partial charge in [-0.3, -0.25) is 14.6 Å². The van der Waals surface area contributed by atoms with Crippen molar-refractivity contribution in [2.45, 2.75) is 26.0 Å². The number of aliphatic hydroxyl groups is 1. The summed E-state index contributed by atoms with van der Waals surface area (Å²) in [6, 6.07) is 15.1. The summed E-state index contributed by atoms with van der Waals surface area (Å²) in [5, 5.41) is 11.1. The zero-order valence-electron chi connectivity index (χ0n) is 16.9. The highest BCUT2D eigenvalue weighted by molar-refractivity contribution is 6.30. The van der Waals surface area contributed by atoms with Crippen molar-refractivity contribution in [2.24, 2.45) is 0 Å². The molecule has 1 saturated heterocycles. The van der Waals surface area contributed by atoms with Gasteiger partial charge in [-0.05, 0) is 42.0 Å². The molecule has 2 aromatic carbocycles. The molecule has 6 heteroatoms. The minimum atomic E-state index is -0.547. The number of piperazine rings is 1. The minimum absolute atomic E-state index is 0.117. The first-order chi connectivity index (χ1) is 14.0. The number of nitrogens with zero attached hydrogens (tertiary/aromatic N) is 2. The number of carbonyl (C=O) groups excluding carboxylic acids is 1. The molecule has 0 radical (unpaired) electrons. The summed E-state index contributed by atoms with van der Waals surface area (Å²) >= 11 is 5.94. The van der Waals surface area contributed by atoms with Crippen LogP contribution in [0.3, 0.4) is 0 Å². The Bertz CT molecular complexity index is 772. The molecule has 1 aliphatic rings. The predicted molar refractivity (Wildman–Crippen MR) is 116 cm³/mol. The first-order valence-electron chi connectivity index (χ1n) is 10.2. The average molecular weight is 417 g/mol. The van der Waals surface area contributed by atoms with Crippen LogP contribution in [-0.4, -0.2) is 66.1 Å². The van der Waals surface area contributed by atoms with Gasteiger partial charge in [0.25, 0.3) is 0 Å². The molecule has 3 rings (SSSR count). The molecule has 0 aromatic heterocycles. The zero-order chi connectivity index (χ0) is 20.6. The summed E-state index contributed by atoms with van der Waals surface area (Å²) in [6.45, 7) is 7.42. The molecule has 0 spiro atoms. The van der Waals surface area contributed by atoms with Crippen molar-refractivity contribution in [1.82, 2.24) is 9.80 Å². The van der Waals surface area contributed by atoms with Crippen LogP contribution in [0.5, 0.6) is 5.75 Å². The molecule has 0 unspecified atom stereocenters. The van der Waals surface area contributed by atoms with Gasteiger partial charge in [-0.15, -0.1) is 0 Å². The molecule has 1 N–H and O–H groups in total. The second-order valence-electron chi connectivity index (χ2n) is 7.47. The Morgan fingerprint density at radius 1 is 1.03 bits per heavy atom. The van der Waals surface area contributed by atoms with E-state index in [9.17, 15) is 9.90 Å². The van der Waals surface area contributed by atoms with Gasteiger partial charge in [0.15, 0.2) is 5.78 Å². The van der Waals surface area contributed by atoms with E-state index in [1.165, 1.54) is 5.56 Å². The van der Waals surface area contributed by atoms with E-state index in [-0.39, 0.29) is 12.4 Å². The number of ether oxygens (including phenoxy) is 1. The van der Waals surface area contributed by atoms with Gasteiger partial charge < -0.3 is 9.84 Å². The quantitative estimate of drug-likeness (QED) is 0.634. The van der Waals surface area contributed by atoms with Crippen LogP contribution in [-0.2, 0) is 6.54 Å². The Morgan fingerprint density at radius 3 is 2.28 bits per heavy atom. The number of Topliss-reactive ketones (excluding diaryl/α,β-unsaturated/α-hetero) is 1. The number of β-amino-alcohol motifs (C(OH)–C–C–N with tert-alkyl or cyclic N) is 1. The van der Waals surface area contributed by atoms with E-state index in [1.54, 1.807) is 24.3 Å². The number of carbonyl (C=O) groups is 1. The highest BCUT2D eigenvalue weighted by Crippen LogP contribution is 2.15. The monoisotopic (exact) mass is 416 g/mol. The maximum Gasteiger partial charge on any atom is 0.162 e. The second kappa shape index (κ2) is 10.7. The van der Waals surface area contributed by atoms with E-state index in [0.29, 0.717) is 24.3 Å². The summed E-state index contributed by atoms with van der Waals surface area (Å²) in [7, 11) is 0. The highest BCUT2D eigenvalue weighted by Gasteiger charge is 2.19. The van der Waals surface area contributed by atoms with Crippen LogP contribution in [0.2, 0.25) is 5.02 Å². The van der Waals surface area contributed by atoms with Gasteiger partial charge in [-0.25, -0.2) is 0 Å². The molecule has 1 heterocycles. The van der Waals surface area contributed by atoms with Crippen molar-refractivity contribution in [3.05, 3.63) is 64.7 Å². The Balaban J connectivity index is 1.36. The van der Waals surface area contributed by atoms with E-state index in [1.807, 2.05) is 19.1 Å². The number of aliphatic hydroxyl groups excluding tert-OH is 1. The van der Waals surface area contributed by atoms with E-state index in [2.05, 4.69) is 21.9 Å². The van der Waals surface area contributed by atoms with Crippen LogP contribution in [0.1, 0.15) is 29.3 Å². The average Bonchev–Trinajstić information content (AvgIpc) is 2.75. The van der Waals surface area contributed by atoms with Gasteiger partial charge in [-0.2, -0.15) is 0 Å². The van der Waals surface area contributed by atoms with E-state index in [4.69, 9.17) is 16.3 Å². The third kappa shape index (κ3) is 6.82. The predicted octanol–water partition coefficient (Wildman–Crippen LogP) is 3.49. The lowest BCUT2D eigenvalue weighted by Crippen LogP contribution is -2.48. The van der Waals surface area contributed by atoms with Crippen molar-refractivity contribution in [2.75, 3.05) is 39.3 Å². The minimum Gasteiger partial charge on any atom is -0.491 e. The molecule has 0 aliphatic carbocycles. The van der Waals surface area contributed by atoms with Crippen LogP contribution in [0, 0.1) is 0 Å². The Hall–Kier alpha value is -1.92. The molecule has 5 nitrogen and oxygen atoms in total. The van der Waals surface area contributed by atoms with E-state index >= 15 is 0 Å². The van der Waals surface area contributed by atoms with Crippen molar-refractivity contribution in [3.63, 3.8) is 0 Å². The van der Waals surface area contributed by atoms with Crippen molar-refractivity contribution in [3.8, 4) is 5.75 Å². The van der Waals surface area contributed by atoms with Crippen LogP contribution in [0.15, 0.2) is 48.5 Å². The fourth-order valence-corrected chi connectivity index (χ4v) is 3.59. The van der Waals surface area contributed by atoms with E-state index in [0.717, 1.165) is 37.7 Å². The Labute approximate surface area is 177 Å². The summed E-state index contributed by atoms with van der Waals surface area (Å²) in [4.78, 5) is 16.3. The Kier molecular flexibility index (Phi) is 8.07. The number of hydrogen-bond acceptors (Lipinski definition) is 5. The lowest BCUT2D eigenvalue weighted by Gasteiger charge is -2.35. The SMILES string of the molecule is CCC(=O)c1ccc(OC[C@H](O)CN2CCN(Cc3ccc(Cl)cc3)CC2)cc1. The highest BCUT2D eigenvalue weighted by atomic mass is 35.5. The maximum atomic E-state index is 11.7. The first-order valence-corrected chi connectivity index (χ1v) is 10.5. The van der Waals surface area contributed by atoms with Crippen LogP contribution in [0.4, 0.5) is 0 Å². The Morgan fingerprint density at radius 2 is 1.66 bits per heavy atom. The third-order valence-corrected chi connectivity index (χ3v) is 5.45. The summed E-state index contributed by atoms with van der Waals surface area (Å²) in [5.74, 6) is 0.788. The fourth-order valence-electron chi connectivity index (χ4n) is 3.46. The first kappa shape index (κ1) is 21.8. The summed E-state index contributed by atoms with van der Waals surface area (Å²) in [5.41, 5.74) is 1.96. The summed E-state index contributed by atoms with van der Waals surface area (Å²) < 4.78 is 5.68. The van der Waals surface area contributed by atoms with Gasteiger partial charge in [0.05, 0.1) is 0 Å². The molecule has 156 valence electrons. The molecule has 0 saturated carbocycles.